The first kappa shape index (κ1) is 9.86. The molecule has 3 unspecified atom stereocenters. The molecule has 0 amide bonds. The first-order valence-electron chi connectivity index (χ1n) is 3.31. The summed E-state index contributed by atoms with van der Waals surface area (Å²) in [7, 11) is 0. The fourth-order valence-electron chi connectivity index (χ4n) is 1.61. The van der Waals surface area contributed by atoms with E-state index in [0.717, 1.165) is 6.54 Å². The maximum atomic E-state index is 10.5. The van der Waals surface area contributed by atoms with Crippen molar-refractivity contribution in [1.82, 2.24) is 5.32 Å². The molecule has 0 saturated carbocycles. The number of hydrogen-bond donors (Lipinski definition) is 1. The maximum Gasteiger partial charge on any atom is 1.00 e. The van der Waals surface area contributed by atoms with Crippen LogP contribution < -0.4 is 40.0 Å². The Labute approximate surface area is 91.6 Å². The second-order valence-corrected chi connectivity index (χ2v) is 4.46. The topological polar surface area (TPSA) is 52.2 Å². The average Bonchev–Trinajstić information content (AvgIpc) is 1.80. The minimum absolute atomic E-state index is 0. The van der Waals surface area contributed by atoms with Crippen LogP contribution in [0.1, 0.15) is 6.92 Å². The second-order valence-electron chi connectivity index (χ2n) is 2.83. The van der Waals surface area contributed by atoms with Crippen molar-refractivity contribution in [2.75, 3.05) is 6.54 Å². The molecule has 0 aliphatic carbocycles. The Hall–Kier alpha value is 0.780. The van der Waals surface area contributed by atoms with Gasteiger partial charge in [-0.1, -0.05) is 6.92 Å². The van der Waals surface area contributed by atoms with Crippen LogP contribution in [0.3, 0.4) is 0 Å². The molecule has 5 heteroatoms. The third-order valence-corrected chi connectivity index (χ3v) is 4.03. The molecule has 0 aromatic heterocycles. The minimum Gasteiger partial charge on any atom is -0.547 e. The zero-order valence-electron chi connectivity index (χ0n) is 6.59. The van der Waals surface area contributed by atoms with E-state index < -0.39 is 10.8 Å². The van der Waals surface area contributed by atoms with E-state index in [-0.39, 0.29) is 29.6 Å². The van der Waals surface area contributed by atoms with Gasteiger partial charge in [0.1, 0.15) is 4.87 Å². The largest absolute Gasteiger partial charge is 1.00 e. The van der Waals surface area contributed by atoms with Crippen LogP contribution in [0.5, 0.6) is 0 Å². The molecule has 3 nitrogen and oxygen atoms in total. The molecule has 2 rings (SSSR count). The van der Waals surface area contributed by atoms with E-state index in [9.17, 15) is 9.90 Å². The molecule has 3 atom stereocenters. The van der Waals surface area contributed by atoms with Gasteiger partial charge in [0.25, 0.3) is 0 Å². The second kappa shape index (κ2) is 2.92. The molecular formula is C6H8NNaO2S. The Morgan fingerprint density at radius 3 is 2.55 bits per heavy atom. The monoisotopic (exact) mass is 181 g/mol. The number of hydrogen-bond acceptors (Lipinski definition) is 4. The van der Waals surface area contributed by atoms with E-state index >= 15 is 0 Å². The molecule has 2 heterocycles. The van der Waals surface area contributed by atoms with Crippen molar-refractivity contribution >= 4 is 17.7 Å². The van der Waals surface area contributed by atoms with Gasteiger partial charge in [0.2, 0.25) is 0 Å². The molecule has 0 radical (unpaired) electrons. The summed E-state index contributed by atoms with van der Waals surface area (Å²) in [5, 5.41) is 13.9. The van der Waals surface area contributed by atoms with Gasteiger partial charge in [-0.05, 0) is 0 Å². The summed E-state index contributed by atoms with van der Waals surface area (Å²) in [4.78, 5) is 9.82. The normalized spacial score (nSPS) is 45.9. The summed E-state index contributed by atoms with van der Waals surface area (Å²) in [5.74, 6) is -0.644. The molecule has 0 bridgehead atoms. The Morgan fingerprint density at radius 2 is 2.45 bits per heavy atom. The van der Waals surface area contributed by atoms with Crippen LogP contribution in [0, 0.1) is 5.92 Å². The van der Waals surface area contributed by atoms with Gasteiger partial charge in [-0.2, -0.15) is 0 Å². The molecule has 2 aliphatic heterocycles. The Morgan fingerprint density at radius 1 is 1.82 bits per heavy atom. The van der Waals surface area contributed by atoms with Gasteiger partial charge in [0, 0.05) is 17.7 Å². The van der Waals surface area contributed by atoms with Gasteiger partial charge in [-0.15, -0.1) is 11.8 Å². The molecule has 0 spiro atoms. The molecule has 56 valence electrons. The fraction of sp³-hybridized carbons (Fsp3) is 0.833. The quantitative estimate of drug-likeness (QED) is 0.417. The number of carboxylic acid groups (broad SMARTS) is 1. The smallest absolute Gasteiger partial charge is 0.547 e. The summed E-state index contributed by atoms with van der Waals surface area (Å²) in [6, 6.07) is 0. The number of rotatable bonds is 1. The zero-order valence-corrected chi connectivity index (χ0v) is 9.40. The van der Waals surface area contributed by atoms with E-state index in [0.29, 0.717) is 11.2 Å². The number of fused-ring (bicyclic) bond motifs is 1. The maximum absolute atomic E-state index is 10.5. The van der Waals surface area contributed by atoms with Gasteiger partial charge in [-0.3, -0.25) is 5.32 Å². The predicted molar refractivity (Wildman–Crippen MR) is 36.3 cm³/mol. The average molecular weight is 181 g/mol. The van der Waals surface area contributed by atoms with E-state index in [1.54, 1.807) is 0 Å². The van der Waals surface area contributed by atoms with Crippen LogP contribution in [0.4, 0.5) is 0 Å². The molecule has 2 aliphatic rings. The summed E-state index contributed by atoms with van der Waals surface area (Å²) < 4.78 is 0. The number of carbonyl (C=O) groups excluding carboxylic acids is 1. The van der Waals surface area contributed by atoms with Crippen LogP contribution in [-0.4, -0.2) is 22.6 Å². The first-order chi connectivity index (χ1) is 4.67. The molecule has 11 heavy (non-hydrogen) atoms. The Kier molecular flexibility index (Phi) is 2.62. The van der Waals surface area contributed by atoms with Gasteiger partial charge >= 0.3 is 29.6 Å². The van der Waals surface area contributed by atoms with Crippen molar-refractivity contribution in [2.24, 2.45) is 5.92 Å². The van der Waals surface area contributed by atoms with Gasteiger partial charge in [0.15, 0.2) is 0 Å². The number of aliphatic carboxylic acids is 1. The number of carbonyl (C=O) groups is 1. The fourth-order valence-corrected chi connectivity index (χ4v) is 3.16. The van der Waals surface area contributed by atoms with E-state index in [1.807, 2.05) is 0 Å². The van der Waals surface area contributed by atoms with Gasteiger partial charge in [0.05, 0.1) is 5.97 Å². The van der Waals surface area contributed by atoms with Crippen LogP contribution in [0.15, 0.2) is 0 Å². The first-order valence-corrected chi connectivity index (χ1v) is 4.19. The van der Waals surface area contributed by atoms with Crippen molar-refractivity contribution in [1.29, 1.82) is 0 Å². The summed E-state index contributed by atoms with van der Waals surface area (Å²) in [5.41, 5.74) is 0. The van der Waals surface area contributed by atoms with Crippen LogP contribution in [-0.2, 0) is 4.79 Å². The third kappa shape index (κ3) is 1.08. The third-order valence-electron chi connectivity index (χ3n) is 2.35. The SMILES string of the molecule is CC1SC2(C(=O)[O-])NCC12.[Na+]. The number of thioether (sulfide) groups is 1. The summed E-state index contributed by atoms with van der Waals surface area (Å²) in [6.45, 7) is 2.89. The Balaban J connectivity index is 0.000000605. The molecule has 0 aromatic carbocycles. The van der Waals surface area contributed by atoms with E-state index in [4.69, 9.17) is 0 Å². The van der Waals surface area contributed by atoms with Crippen LogP contribution in [0.25, 0.3) is 0 Å². The standard InChI is InChI=1S/C6H9NO2S.Na/c1-3-4-2-7-6(4,10-3)5(8)9;/h3-4,7H,2H2,1H3,(H,8,9);/q;+1/p-1. The predicted octanol–water partition coefficient (Wildman–Crippen LogP) is -4.21. The van der Waals surface area contributed by atoms with Crippen molar-refractivity contribution in [3.63, 3.8) is 0 Å². The molecular weight excluding hydrogens is 173 g/mol. The van der Waals surface area contributed by atoms with Gasteiger partial charge in [-0.25, -0.2) is 0 Å². The summed E-state index contributed by atoms with van der Waals surface area (Å²) in [6.07, 6.45) is 0. The van der Waals surface area contributed by atoms with Crippen LogP contribution >= 0.6 is 11.8 Å². The minimum atomic E-state index is -0.952. The number of nitrogens with one attached hydrogen (secondary N) is 1. The molecule has 2 saturated heterocycles. The van der Waals surface area contributed by atoms with Crippen molar-refractivity contribution in [3.05, 3.63) is 0 Å². The van der Waals surface area contributed by atoms with Gasteiger partial charge < -0.3 is 9.90 Å². The molecule has 1 N–H and O–H groups in total. The summed E-state index contributed by atoms with van der Waals surface area (Å²) >= 11 is 1.46. The van der Waals surface area contributed by atoms with E-state index in [1.165, 1.54) is 11.8 Å². The van der Waals surface area contributed by atoms with Crippen molar-refractivity contribution < 1.29 is 39.5 Å². The molecule has 0 aromatic rings. The molecule has 2 fully saturated rings. The van der Waals surface area contributed by atoms with Crippen LogP contribution in [0.2, 0.25) is 0 Å². The zero-order chi connectivity index (χ0) is 7.35. The van der Waals surface area contributed by atoms with Crippen molar-refractivity contribution in [3.8, 4) is 0 Å². The van der Waals surface area contributed by atoms with E-state index in [2.05, 4.69) is 12.2 Å². The van der Waals surface area contributed by atoms with Crippen molar-refractivity contribution in [2.45, 2.75) is 17.0 Å². The Bertz CT molecular complexity index is 201. The number of carboxylic acids is 1.